The molecule has 1 unspecified atom stereocenters. The summed E-state index contributed by atoms with van der Waals surface area (Å²) >= 11 is 0. The Hall–Kier alpha value is -3.55. The summed E-state index contributed by atoms with van der Waals surface area (Å²) in [7, 11) is 0. The zero-order valence-electron chi connectivity index (χ0n) is 22.0. The van der Waals surface area contributed by atoms with Crippen LogP contribution in [0.5, 0.6) is 17.2 Å². The minimum Gasteiger partial charge on any atom is -0.492 e. The van der Waals surface area contributed by atoms with Crippen LogP contribution in [0.1, 0.15) is 46.6 Å². The molecule has 7 heteroatoms. The molecule has 0 spiro atoms. The summed E-state index contributed by atoms with van der Waals surface area (Å²) in [6.45, 7) is 4.33. The summed E-state index contributed by atoms with van der Waals surface area (Å²) in [6, 6.07) is 16.4. The summed E-state index contributed by atoms with van der Waals surface area (Å²) in [6.07, 6.45) is 3.10. The fraction of sp³-hybridized carbons (Fsp3) is 0.406. The lowest BCUT2D eigenvalue weighted by Crippen LogP contribution is -2.27. The molecule has 3 aromatic carbocycles. The normalized spacial score (nSPS) is 24.3. The SMILES string of the molecule is Cc1cc(OC2CO[C@H]3OCC[C@@H]23)c2c(c1-c1cccc(COc3ccc4c(c3)OC[C@H]4CC(=O)O)c1)CC2. The topological polar surface area (TPSA) is 83.5 Å². The second-order valence-corrected chi connectivity index (χ2v) is 11.0. The Balaban J connectivity index is 1.07. The van der Waals surface area contributed by atoms with Crippen LogP contribution in [0, 0.1) is 12.8 Å². The Morgan fingerprint density at radius 2 is 1.95 bits per heavy atom. The number of hydrogen-bond donors (Lipinski definition) is 1. The van der Waals surface area contributed by atoms with E-state index < -0.39 is 5.97 Å². The van der Waals surface area contributed by atoms with Gasteiger partial charge in [0.1, 0.15) is 30.0 Å². The van der Waals surface area contributed by atoms with Crippen molar-refractivity contribution >= 4 is 5.97 Å². The smallest absolute Gasteiger partial charge is 0.304 e. The summed E-state index contributed by atoms with van der Waals surface area (Å²) in [5, 5.41) is 9.13. The van der Waals surface area contributed by atoms with E-state index in [9.17, 15) is 4.79 Å². The zero-order chi connectivity index (χ0) is 26.5. The predicted octanol–water partition coefficient (Wildman–Crippen LogP) is 5.43. The Kier molecular flexibility index (Phi) is 6.21. The fourth-order valence-electron chi connectivity index (χ4n) is 6.44. The highest BCUT2D eigenvalue weighted by Gasteiger charge is 2.43. The molecule has 7 rings (SSSR count). The monoisotopic (exact) mass is 528 g/mol. The van der Waals surface area contributed by atoms with Gasteiger partial charge in [-0.3, -0.25) is 4.79 Å². The first-order valence-electron chi connectivity index (χ1n) is 13.8. The van der Waals surface area contributed by atoms with Gasteiger partial charge < -0.3 is 28.8 Å². The van der Waals surface area contributed by atoms with Gasteiger partial charge in [0.15, 0.2) is 6.29 Å². The molecule has 7 nitrogen and oxygen atoms in total. The Morgan fingerprint density at radius 1 is 1.05 bits per heavy atom. The molecule has 0 aromatic heterocycles. The molecule has 39 heavy (non-hydrogen) atoms. The van der Waals surface area contributed by atoms with Gasteiger partial charge in [-0.2, -0.15) is 0 Å². The van der Waals surface area contributed by atoms with Gasteiger partial charge in [0.05, 0.1) is 32.2 Å². The lowest BCUT2D eigenvalue weighted by atomic mass is 9.79. The first-order chi connectivity index (χ1) is 19.0. The van der Waals surface area contributed by atoms with Crippen molar-refractivity contribution in [2.75, 3.05) is 19.8 Å². The molecule has 3 aromatic rings. The average molecular weight is 529 g/mol. The largest absolute Gasteiger partial charge is 0.492 e. The van der Waals surface area contributed by atoms with Crippen molar-refractivity contribution in [1.29, 1.82) is 0 Å². The molecule has 2 fully saturated rings. The van der Waals surface area contributed by atoms with Crippen LogP contribution >= 0.6 is 0 Å². The van der Waals surface area contributed by atoms with Crippen LogP contribution in [-0.4, -0.2) is 43.3 Å². The van der Waals surface area contributed by atoms with E-state index in [-0.39, 0.29) is 24.7 Å². The molecular weight excluding hydrogens is 496 g/mol. The van der Waals surface area contributed by atoms with Gasteiger partial charge in [-0.1, -0.05) is 24.3 Å². The van der Waals surface area contributed by atoms with E-state index in [2.05, 4.69) is 37.3 Å². The second-order valence-electron chi connectivity index (χ2n) is 11.0. The van der Waals surface area contributed by atoms with Crippen LogP contribution < -0.4 is 14.2 Å². The summed E-state index contributed by atoms with van der Waals surface area (Å²) < 4.78 is 29.8. The quantitative estimate of drug-likeness (QED) is 0.417. The van der Waals surface area contributed by atoms with Crippen molar-refractivity contribution in [3.05, 3.63) is 76.3 Å². The van der Waals surface area contributed by atoms with Crippen molar-refractivity contribution in [1.82, 2.24) is 0 Å². The third-order valence-corrected chi connectivity index (χ3v) is 8.50. The number of hydrogen-bond acceptors (Lipinski definition) is 6. The predicted molar refractivity (Wildman–Crippen MR) is 144 cm³/mol. The van der Waals surface area contributed by atoms with Gasteiger partial charge in [0.2, 0.25) is 0 Å². The molecule has 0 radical (unpaired) electrons. The second kappa shape index (κ2) is 9.88. The number of aliphatic carboxylic acids is 1. The summed E-state index contributed by atoms with van der Waals surface area (Å²) in [5.74, 6) is 1.82. The Labute approximate surface area is 227 Å². The Morgan fingerprint density at radius 3 is 2.79 bits per heavy atom. The minimum atomic E-state index is -0.815. The molecular formula is C32H32O7. The molecule has 202 valence electrons. The summed E-state index contributed by atoms with van der Waals surface area (Å²) in [4.78, 5) is 11.1. The number of ether oxygens (including phenoxy) is 5. The number of carboxylic acid groups (broad SMARTS) is 1. The molecule has 2 saturated heterocycles. The van der Waals surface area contributed by atoms with E-state index in [1.165, 1.54) is 27.8 Å². The first-order valence-corrected chi connectivity index (χ1v) is 13.8. The number of carbonyl (C=O) groups is 1. The number of benzene rings is 3. The van der Waals surface area contributed by atoms with Gasteiger partial charge in [0.25, 0.3) is 0 Å². The van der Waals surface area contributed by atoms with E-state index in [0.29, 0.717) is 37.2 Å². The van der Waals surface area contributed by atoms with Gasteiger partial charge in [-0.15, -0.1) is 0 Å². The van der Waals surface area contributed by atoms with Gasteiger partial charge >= 0.3 is 5.97 Å². The van der Waals surface area contributed by atoms with Crippen molar-refractivity contribution in [3.8, 4) is 28.4 Å². The van der Waals surface area contributed by atoms with Crippen molar-refractivity contribution < 1.29 is 33.6 Å². The van der Waals surface area contributed by atoms with Gasteiger partial charge in [0, 0.05) is 17.5 Å². The van der Waals surface area contributed by atoms with Crippen LogP contribution in [0.25, 0.3) is 11.1 Å². The van der Waals surface area contributed by atoms with E-state index >= 15 is 0 Å². The molecule has 1 aliphatic carbocycles. The standard InChI is InChI=1S/C32H32O7/c1-18-11-28(39-29-17-38-32-26(29)9-10-35-32)24-7-8-25(24)31(18)20-4-2-3-19(12-20)15-36-22-5-6-23-21(13-30(33)34)16-37-27(23)14-22/h2-6,11-12,14,21,26,29,32H,7-10,13,15-17H2,1H3,(H,33,34)/t21-,26+,29?,32-/m1/s1. The molecule has 0 bridgehead atoms. The lowest BCUT2D eigenvalue weighted by molar-refractivity contribution is -0.137. The number of rotatable bonds is 8. The maximum atomic E-state index is 11.1. The molecule has 4 atom stereocenters. The molecule has 1 N–H and O–H groups in total. The number of aryl methyl sites for hydroxylation is 1. The zero-order valence-corrected chi connectivity index (χ0v) is 22.0. The van der Waals surface area contributed by atoms with E-state index in [0.717, 1.165) is 42.7 Å². The maximum absolute atomic E-state index is 11.1. The molecule has 4 aliphatic rings. The molecule has 0 saturated carbocycles. The highest BCUT2D eigenvalue weighted by atomic mass is 16.7. The van der Waals surface area contributed by atoms with Crippen LogP contribution in [0.3, 0.4) is 0 Å². The number of carboxylic acids is 1. The van der Waals surface area contributed by atoms with Crippen LogP contribution in [0.2, 0.25) is 0 Å². The molecule has 0 amide bonds. The average Bonchev–Trinajstić information content (AvgIpc) is 3.62. The highest BCUT2D eigenvalue weighted by molar-refractivity contribution is 5.76. The lowest BCUT2D eigenvalue weighted by Gasteiger charge is -2.30. The van der Waals surface area contributed by atoms with Crippen LogP contribution in [0.15, 0.2) is 48.5 Å². The van der Waals surface area contributed by atoms with Gasteiger partial charge in [-0.05, 0) is 77.8 Å². The third-order valence-electron chi connectivity index (χ3n) is 8.50. The van der Waals surface area contributed by atoms with E-state index in [1.807, 2.05) is 18.2 Å². The van der Waals surface area contributed by atoms with Crippen molar-refractivity contribution in [2.45, 2.75) is 57.5 Å². The molecule has 3 aliphatic heterocycles. The van der Waals surface area contributed by atoms with E-state index in [1.54, 1.807) is 0 Å². The number of fused-ring (bicyclic) bond motifs is 3. The van der Waals surface area contributed by atoms with Crippen LogP contribution in [-0.2, 0) is 33.7 Å². The van der Waals surface area contributed by atoms with E-state index in [4.69, 9.17) is 28.8 Å². The van der Waals surface area contributed by atoms with Crippen molar-refractivity contribution in [2.24, 2.45) is 5.92 Å². The summed E-state index contributed by atoms with van der Waals surface area (Å²) in [5.41, 5.74) is 8.42. The highest BCUT2D eigenvalue weighted by Crippen LogP contribution is 2.44. The first kappa shape index (κ1) is 24.5. The van der Waals surface area contributed by atoms with Crippen molar-refractivity contribution in [3.63, 3.8) is 0 Å². The molecule has 3 heterocycles. The Bertz CT molecular complexity index is 1430. The van der Waals surface area contributed by atoms with Gasteiger partial charge in [-0.25, -0.2) is 0 Å². The minimum absolute atomic E-state index is 0.0561. The fourth-order valence-corrected chi connectivity index (χ4v) is 6.44. The van der Waals surface area contributed by atoms with Crippen LogP contribution in [0.4, 0.5) is 0 Å². The maximum Gasteiger partial charge on any atom is 0.304 e. The third kappa shape index (κ3) is 4.53.